The lowest BCUT2D eigenvalue weighted by molar-refractivity contribution is 0.298. The van der Waals surface area contributed by atoms with E-state index in [1.54, 1.807) is 0 Å². The zero-order valence-corrected chi connectivity index (χ0v) is 13.2. The molecule has 0 saturated carbocycles. The Hall–Kier alpha value is -1.15. The van der Waals surface area contributed by atoms with Crippen LogP contribution in [-0.2, 0) is 6.54 Å². The van der Waals surface area contributed by atoms with Crippen LogP contribution in [0.15, 0.2) is 36.7 Å². The number of aromatic nitrogens is 2. The number of rotatable bonds is 6. The molecule has 6 heteroatoms. The Balaban J connectivity index is 1.84. The summed E-state index contributed by atoms with van der Waals surface area (Å²) in [5.74, 6) is 0.741. The first-order chi connectivity index (χ1) is 9.16. The van der Waals surface area contributed by atoms with E-state index < -0.39 is 0 Å². The van der Waals surface area contributed by atoms with E-state index in [1.807, 2.05) is 41.3 Å². The number of benzene rings is 1. The minimum Gasteiger partial charge on any atom is -0.493 e. The number of para-hydroxylation sites is 1. The van der Waals surface area contributed by atoms with Gasteiger partial charge in [-0.3, -0.25) is 4.68 Å². The third kappa shape index (κ3) is 4.17. The van der Waals surface area contributed by atoms with Gasteiger partial charge in [-0.2, -0.15) is 5.10 Å². The zero-order chi connectivity index (χ0) is 13.7. The first kappa shape index (κ1) is 14.3. The Bertz CT molecular complexity index is 571. The van der Waals surface area contributed by atoms with Gasteiger partial charge in [0, 0.05) is 19.2 Å². The predicted octanol–water partition coefficient (Wildman–Crippen LogP) is 2.59. The summed E-state index contributed by atoms with van der Waals surface area (Å²) in [5.41, 5.74) is 6.43. The quantitative estimate of drug-likeness (QED) is 0.471. The number of thiocarbonyl (C=S) groups is 1. The number of nitrogens with two attached hydrogens (primary N) is 1. The molecule has 4 nitrogen and oxygen atoms in total. The van der Waals surface area contributed by atoms with Gasteiger partial charge >= 0.3 is 0 Å². The molecule has 0 bridgehead atoms. The highest BCUT2D eigenvalue weighted by Gasteiger charge is 2.05. The molecule has 0 saturated heterocycles. The first-order valence-electron chi connectivity index (χ1n) is 5.86. The normalized spacial score (nSPS) is 10.4. The van der Waals surface area contributed by atoms with Crippen LogP contribution in [0.1, 0.15) is 12.0 Å². The Morgan fingerprint density at radius 3 is 2.89 bits per heavy atom. The minimum absolute atomic E-state index is 0.359. The van der Waals surface area contributed by atoms with Crippen LogP contribution in [0.25, 0.3) is 0 Å². The predicted molar refractivity (Wildman–Crippen MR) is 87.4 cm³/mol. The van der Waals surface area contributed by atoms with Crippen molar-refractivity contribution in [1.29, 1.82) is 0 Å². The second kappa shape index (κ2) is 6.85. The highest BCUT2D eigenvalue weighted by atomic mass is 127. The van der Waals surface area contributed by atoms with Gasteiger partial charge in [-0.25, -0.2) is 0 Å². The lowest BCUT2D eigenvalue weighted by atomic mass is 10.2. The zero-order valence-electron chi connectivity index (χ0n) is 10.3. The fourth-order valence-corrected chi connectivity index (χ4v) is 2.28. The summed E-state index contributed by atoms with van der Waals surface area (Å²) < 4.78 is 8.76. The molecular weight excluding hydrogens is 373 g/mol. The van der Waals surface area contributed by atoms with Crippen LogP contribution >= 0.6 is 34.8 Å². The summed E-state index contributed by atoms with van der Waals surface area (Å²) >= 11 is 7.23. The van der Waals surface area contributed by atoms with Crippen molar-refractivity contribution >= 4 is 39.8 Å². The fraction of sp³-hybridized carbons (Fsp3) is 0.231. The fourth-order valence-electron chi connectivity index (χ4n) is 1.67. The van der Waals surface area contributed by atoms with Gasteiger partial charge in [-0.1, -0.05) is 24.4 Å². The maximum Gasteiger partial charge on any atom is 0.129 e. The van der Waals surface area contributed by atoms with E-state index in [1.165, 1.54) is 0 Å². The van der Waals surface area contributed by atoms with E-state index in [0.29, 0.717) is 11.6 Å². The van der Waals surface area contributed by atoms with Gasteiger partial charge in [0.1, 0.15) is 10.7 Å². The van der Waals surface area contributed by atoms with E-state index >= 15 is 0 Å². The first-order valence-corrected chi connectivity index (χ1v) is 7.35. The molecular formula is C13H14IN3OS. The van der Waals surface area contributed by atoms with Gasteiger partial charge in [-0.15, -0.1) is 0 Å². The molecule has 1 aromatic carbocycles. The SMILES string of the molecule is NC(=S)c1ccccc1OCCCn1cc(I)cn1. The molecule has 0 aliphatic rings. The lowest BCUT2D eigenvalue weighted by Crippen LogP contribution is -2.12. The van der Waals surface area contributed by atoms with Crippen LogP contribution in [0.3, 0.4) is 0 Å². The Kier molecular flexibility index (Phi) is 5.15. The van der Waals surface area contributed by atoms with Crippen LogP contribution in [0.4, 0.5) is 0 Å². The summed E-state index contributed by atoms with van der Waals surface area (Å²) in [7, 11) is 0. The average Bonchev–Trinajstić information content (AvgIpc) is 2.81. The second-order valence-corrected chi connectivity index (χ2v) is 5.67. The Morgan fingerprint density at radius 2 is 2.21 bits per heavy atom. The molecule has 0 spiro atoms. The molecule has 0 fully saturated rings. The number of ether oxygens (including phenoxy) is 1. The van der Waals surface area contributed by atoms with E-state index in [4.69, 9.17) is 22.7 Å². The molecule has 0 radical (unpaired) electrons. The summed E-state index contributed by atoms with van der Waals surface area (Å²) in [6.07, 6.45) is 4.72. The van der Waals surface area contributed by atoms with Gasteiger partial charge in [0.25, 0.3) is 0 Å². The maximum absolute atomic E-state index is 5.72. The third-order valence-electron chi connectivity index (χ3n) is 2.54. The van der Waals surface area contributed by atoms with Crippen molar-refractivity contribution in [1.82, 2.24) is 9.78 Å². The van der Waals surface area contributed by atoms with Crippen LogP contribution in [0.5, 0.6) is 5.75 Å². The number of nitrogens with zero attached hydrogens (tertiary/aromatic N) is 2. The third-order valence-corrected chi connectivity index (χ3v) is 3.32. The monoisotopic (exact) mass is 387 g/mol. The molecule has 0 aliphatic carbocycles. The van der Waals surface area contributed by atoms with Gasteiger partial charge in [0.15, 0.2) is 0 Å². The molecule has 0 amide bonds. The van der Waals surface area contributed by atoms with Crippen molar-refractivity contribution in [3.8, 4) is 5.75 Å². The largest absolute Gasteiger partial charge is 0.493 e. The van der Waals surface area contributed by atoms with Gasteiger partial charge in [0.05, 0.1) is 21.9 Å². The van der Waals surface area contributed by atoms with Crippen LogP contribution < -0.4 is 10.5 Å². The summed E-state index contributed by atoms with van der Waals surface area (Å²) in [6, 6.07) is 7.55. The van der Waals surface area contributed by atoms with Gasteiger partial charge in [-0.05, 0) is 34.7 Å². The van der Waals surface area contributed by atoms with Crippen molar-refractivity contribution in [2.75, 3.05) is 6.61 Å². The highest BCUT2D eigenvalue weighted by molar-refractivity contribution is 14.1. The van der Waals surface area contributed by atoms with Crippen LogP contribution in [-0.4, -0.2) is 21.4 Å². The van der Waals surface area contributed by atoms with E-state index in [2.05, 4.69) is 27.7 Å². The molecule has 0 aliphatic heterocycles. The summed E-state index contributed by atoms with van der Waals surface area (Å²) in [5, 5.41) is 4.22. The molecule has 19 heavy (non-hydrogen) atoms. The van der Waals surface area contributed by atoms with Crippen molar-refractivity contribution in [2.45, 2.75) is 13.0 Å². The highest BCUT2D eigenvalue weighted by Crippen LogP contribution is 2.17. The number of hydrogen-bond donors (Lipinski definition) is 1. The molecule has 1 heterocycles. The van der Waals surface area contributed by atoms with Gasteiger partial charge in [0.2, 0.25) is 0 Å². The number of aryl methyl sites for hydroxylation is 1. The molecule has 1 aromatic heterocycles. The van der Waals surface area contributed by atoms with E-state index in [-0.39, 0.29) is 0 Å². The summed E-state index contributed by atoms with van der Waals surface area (Å²) in [6.45, 7) is 1.44. The van der Waals surface area contributed by atoms with E-state index in [0.717, 1.165) is 27.8 Å². The molecule has 100 valence electrons. The van der Waals surface area contributed by atoms with Crippen LogP contribution in [0.2, 0.25) is 0 Å². The van der Waals surface area contributed by atoms with Crippen molar-refractivity contribution < 1.29 is 4.74 Å². The molecule has 2 aromatic rings. The molecule has 2 N–H and O–H groups in total. The minimum atomic E-state index is 0.359. The molecule has 0 atom stereocenters. The topological polar surface area (TPSA) is 53.1 Å². The standard InChI is InChI=1S/C13H14IN3OS/c14-10-8-16-17(9-10)6-3-7-18-12-5-2-1-4-11(12)13(15)19/h1-2,4-5,8-9H,3,6-7H2,(H2,15,19). The maximum atomic E-state index is 5.72. The lowest BCUT2D eigenvalue weighted by Gasteiger charge is -2.10. The Morgan fingerprint density at radius 1 is 1.42 bits per heavy atom. The van der Waals surface area contributed by atoms with Gasteiger partial charge < -0.3 is 10.5 Å². The van der Waals surface area contributed by atoms with Crippen molar-refractivity contribution in [3.05, 3.63) is 45.8 Å². The van der Waals surface area contributed by atoms with Crippen LogP contribution in [0, 0.1) is 3.57 Å². The van der Waals surface area contributed by atoms with E-state index in [9.17, 15) is 0 Å². The molecule has 0 unspecified atom stereocenters. The van der Waals surface area contributed by atoms with Crippen molar-refractivity contribution in [2.24, 2.45) is 5.73 Å². The Labute approximate surface area is 131 Å². The summed E-state index contributed by atoms with van der Waals surface area (Å²) in [4.78, 5) is 0.359. The number of hydrogen-bond acceptors (Lipinski definition) is 3. The van der Waals surface area contributed by atoms with Crippen molar-refractivity contribution in [3.63, 3.8) is 0 Å². The molecule has 2 rings (SSSR count). The smallest absolute Gasteiger partial charge is 0.129 e. The average molecular weight is 387 g/mol. The number of halogens is 1. The second-order valence-electron chi connectivity index (χ2n) is 3.98.